The summed E-state index contributed by atoms with van der Waals surface area (Å²) in [4.78, 5) is 12.4. The van der Waals surface area contributed by atoms with E-state index in [0.717, 1.165) is 16.9 Å². The molecule has 0 saturated heterocycles. The Kier molecular flexibility index (Phi) is 5.19. The second kappa shape index (κ2) is 6.91. The fraction of sp³-hybridized carbons (Fsp3) is 0.429. The van der Waals surface area contributed by atoms with Crippen LogP contribution < -0.4 is 11.4 Å². The summed E-state index contributed by atoms with van der Waals surface area (Å²) in [7, 11) is 0. The maximum absolute atomic E-state index is 13.5. The zero-order valence-electron chi connectivity index (χ0n) is 12.1. The van der Waals surface area contributed by atoms with Crippen molar-refractivity contribution >= 4 is 11.8 Å². The lowest BCUT2D eigenvalue weighted by molar-refractivity contribution is 0.609. The van der Waals surface area contributed by atoms with E-state index in [2.05, 4.69) is 10.2 Å². The third kappa shape index (κ3) is 3.74. The molecule has 2 rings (SSSR count). The van der Waals surface area contributed by atoms with Crippen molar-refractivity contribution in [1.82, 2.24) is 14.8 Å². The first-order valence-corrected chi connectivity index (χ1v) is 7.73. The third-order valence-electron chi connectivity index (χ3n) is 3.27. The number of nitrogens with zero attached hydrogens (tertiary/aromatic N) is 2. The van der Waals surface area contributed by atoms with Crippen LogP contribution in [0.15, 0.2) is 33.0 Å². The van der Waals surface area contributed by atoms with E-state index in [-0.39, 0.29) is 17.5 Å². The number of nitrogens with two attached hydrogens (primary N) is 1. The molecule has 5 nitrogen and oxygen atoms in total. The first-order chi connectivity index (χ1) is 10.0. The van der Waals surface area contributed by atoms with Crippen molar-refractivity contribution in [2.24, 2.45) is 5.73 Å². The number of benzene rings is 1. The average molecular weight is 310 g/mol. The predicted molar refractivity (Wildman–Crippen MR) is 81.0 cm³/mol. The number of nitrogens with one attached hydrogen (secondary N) is 1. The Labute approximate surface area is 126 Å². The standard InChI is InChI=1S/C14H19FN4OS/c1-3-11(16)8-9-7-10(15)5-6-12(9)21-14-18-17-13(20)19(14)4-2/h5-7,11H,3-4,8,16H2,1-2H3,(H,17,20). The molecule has 0 spiro atoms. The van der Waals surface area contributed by atoms with E-state index in [9.17, 15) is 9.18 Å². The van der Waals surface area contributed by atoms with Gasteiger partial charge in [0.25, 0.3) is 0 Å². The number of hydrogen-bond donors (Lipinski definition) is 2. The molecule has 1 unspecified atom stereocenters. The Hall–Kier alpha value is -1.60. The van der Waals surface area contributed by atoms with Crippen molar-refractivity contribution in [3.63, 3.8) is 0 Å². The Morgan fingerprint density at radius 2 is 2.24 bits per heavy atom. The monoisotopic (exact) mass is 310 g/mol. The molecule has 1 atom stereocenters. The number of aromatic nitrogens is 3. The molecule has 0 saturated carbocycles. The fourth-order valence-corrected chi connectivity index (χ4v) is 3.01. The molecule has 0 aliphatic carbocycles. The summed E-state index contributed by atoms with van der Waals surface area (Å²) >= 11 is 1.35. The maximum atomic E-state index is 13.5. The van der Waals surface area contributed by atoms with Gasteiger partial charge in [-0.25, -0.2) is 14.3 Å². The lowest BCUT2D eigenvalue weighted by Gasteiger charge is -2.13. The van der Waals surface area contributed by atoms with Crippen molar-refractivity contribution in [3.05, 3.63) is 40.1 Å². The summed E-state index contributed by atoms with van der Waals surface area (Å²) in [5.74, 6) is -0.285. The minimum absolute atomic E-state index is 0.0151. The molecule has 2 aromatic rings. The highest BCUT2D eigenvalue weighted by molar-refractivity contribution is 7.99. The summed E-state index contributed by atoms with van der Waals surface area (Å²) < 4.78 is 15.0. The maximum Gasteiger partial charge on any atom is 0.343 e. The van der Waals surface area contributed by atoms with E-state index >= 15 is 0 Å². The first-order valence-electron chi connectivity index (χ1n) is 6.92. The Morgan fingerprint density at radius 1 is 1.48 bits per heavy atom. The molecule has 0 amide bonds. The van der Waals surface area contributed by atoms with Gasteiger partial charge in [-0.1, -0.05) is 6.92 Å². The molecule has 7 heteroatoms. The third-order valence-corrected chi connectivity index (χ3v) is 4.38. The number of aromatic amines is 1. The average Bonchev–Trinajstić information content (AvgIpc) is 2.81. The molecular weight excluding hydrogens is 291 g/mol. The number of hydrogen-bond acceptors (Lipinski definition) is 4. The van der Waals surface area contributed by atoms with Crippen molar-refractivity contribution in [2.75, 3.05) is 0 Å². The van der Waals surface area contributed by atoms with E-state index in [1.54, 1.807) is 6.07 Å². The zero-order chi connectivity index (χ0) is 15.4. The van der Waals surface area contributed by atoms with Crippen LogP contribution in [0.1, 0.15) is 25.8 Å². The van der Waals surface area contributed by atoms with E-state index < -0.39 is 0 Å². The highest BCUT2D eigenvalue weighted by Crippen LogP contribution is 2.29. The molecular formula is C14H19FN4OS. The van der Waals surface area contributed by atoms with Crippen LogP contribution in [0.2, 0.25) is 0 Å². The summed E-state index contributed by atoms with van der Waals surface area (Å²) in [5.41, 5.74) is 6.57. The van der Waals surface area contributed by atoms with Crippen molar-refractivity contribution < 1.29 is 4.39 Å². The van der Waals surface area contributed by atoms with Crippen LogP contribution in [0.5, 0.6) is 0 Å². The van der Waals surface area contributed by atoms with Gasteiger partial charge >= 0.3 is 5.69 Å². The smallest absolute Gasteiger partial charge is 0.327 e. The minimum atomic E-state index is -0.285. The Balaban J connectivity index is 2.32. The molecule has 0 radical (unpaired) electrons. The van der Waals surface area contributed by atoms with Crippen LogP contribution in [0.4, 0.5) is 4.39 Å². The second-order valence-corrected chi connectivity index (χ2v) is 5.79. The van der Waals surface area contributed by atoms with Gasteiger partial charge in [-0.2, -0.15) is 0 Å². The van der Waals surface area contributed by atoms with Gasteiger partial charge in [-0.3, -0.25) is 4.57 Å². The number of halogens is 1. The first kappa shape index (κ1) is 15.8. The van der Waals surface area contributed by atoms with Gasteiger partial charge in [0.05, 0.1) is 0 Å². The summed E-state index contributed by atoms with van der Waals surface area (Å²) in [6.45, 7) is 4.40. The zero-order valence-corrected chi connectivity index (χ0v) is 12.9. The van der Waals surface area contributed by atoms with Crippen molar-refractivity contribution in [2.45, 2.75) is 49.3 Å². The van der Waals surface area contributed by atoms with E-state index in [1.165, 1.54) is 28.5 Å². The topological polar surface area (TPSA) is 76.7 Å². The molecule has 1 aromatic heterocycles. The van der Waals surface area contributed by atoms with Crippen LogP contribution in [0.25, 0.3) is 0 Å². The van der Waals surface area contributed by atoms with Gasteiger partial charge in [-0.15, -0.1) is 5.10 Å². The largest absolute Gasteiger partial charge is 0.343 e. The van der Waals surface area contributed by atoms with E-state index in [4.69, 9.17) is 5.73 Å². The van der Waals surface area contributed by atoms with Crippen LogP contribution in [-0.4, -0.2) is 20.8 Å². The van der Waals surface area contributed by atoms with Gasteiger partial charge in [0.2, 0.25) is 0 Å². The van der Waals surface area contributed by atoms with E-state index in [0.29, 0.717) is 18.1 Å². The normalized spacial score (nSPS) is 12.6. The molecule has 3 N–H and O–H groups in total. The van der Waals surface area contributed by atoms with E-state index in [1.807, 2.05) is 13.8 Å². The van der Waals surface area contributed by atoms with Crippen LogP contribution in [0.3, 0.4) is 0 Å². The molecule has 1 heterocycles. The van der Waals surface area contributed by atoms with Gasteiger partial charge < -0.3 is 5.73 Å². The number of H-pyrrole nitrogens is 1. The quantitative estimate of drug-likeness (QED) is 0.857. The summed E-state index contributed by atoms with van der Waals surface area (Å²) in [6.07, 6.45) is 1.42. The highest BCUT2D eigenvalue weighted by Gasteiger charge is 2.13. The van der Waals surface area contributed by atoms with Crippen LogP contribution in [-0.2, 0) is 13.0 Å². The summed E-state index contributed by atoms with van der Waals surface area (Å²) in [5, 5.41) is 7.01. The fourth-order valence-electron chi connectivity index (χ4n) is 1.99. The molecule has 1 aromatic carbocycles. The van der Waals surface area contributed by atoms with Crippen LogP contribution in [0, 0.1) is 5.82 Å². The highest BCUT2D eigenvalue weighted by atomic mass is 32.2. The summed E-state index contributed by atoms with van der Waals surface area (Å²) in [6, 6.07) is 4.60. The predicted octanol–water partition coefficient (Wildman–Crippen LogP) is 2.16. The molecule has 0 bridgehead atoms. The van der Waals surface area contributed by atoms with Gasteiger partial charge in [0.1, 0.15) is 5.82 Å². The van der Waals surface area contributed by atoms with Crippen LogP contribution >= 0.6 is 11.8 Å². The van der Waals surface area contributed by atoms with Crippen molar-refractivity contribution in [3.8, 4) is 0 Å². The molecule has 0 fully saturated rings. The Morgan fingerprint density at radius 3 is 2.90 bits per heavy atom. The van der Waals surface area contributed by atoms with Gasteiger partial charge in [0.15, 0.2) is 5.16 Å². The second-order valence-electron chi connectivity index (χ2n) is 4.78. The SMILES string of the molecule is CCC(N)Cc1cc(F)ccc1Sc1n[nH]c(=O)n1CC. The molecule has 0 aliphatic rings. The number of rotatable bonds is 6. The van der Waals surface area contributed by atoms with Crippen molar-refractivity contribution in [1.29, 1.82) is 0 Å². The lowest BCUT2D eigenvalue weighted by atomic mass is 10.0. The Bertz CT molecular complexity index is 667. The lowest BCUT2D eigenvalue weighted by Crippen LogP contribution is -2.21. The molecule has 0 aliphatic heterocycles. The minimum Gasteiger partial charge on any atom is -0.327 e. The van der Waals surface area contributed by atoms with Gasteiger partial charge in [0, 0.05) is 17.5 Å². The van der Waals surface area contributed by atoms with Gasteiger partial charge in [-0.05, 0) is 55.3 Å². The molecule has 114 valence electrons. The molecule has 21 heavy (non-hydrogen) atoms.